The summed E-state index contributed by atoms with van der Waals surface area (Å²) in [5.41, 5.74) is 0. The Bertz CT molecular complexity index is 410. The van der Waals surface area contributed by atoms with Crippen molar-refractivity contribution in [1.82, 2.24) is 0 Å². The van der Waals surface area contributed by atoms with E-state index in [4.69, 9.17) is 4.42 Å². The van der Waals surface area contributed by atoms with Crippen molar-refractivity contribution in [3.8, 4) is 0 Å². The maximum absolute atomic E-state index is 10.7. The van der Waals surface area contributed by atoms with E-state index in [9.17, 15) is 14.9 Å². The summed E-state index contributed by atoms with van der Waals surface area (Å²) in [6.07, 6.45) is 1.49. The SMILES string of the molecule is COC(=O)CCN=Cc1ccc([N+](=O)[O-])o1. The van der Waals surface area contributed by atoms with E-state index >= 15 is 0 Å². The first-order valence-corrected chi connectivity index (χ1v) is 4.44. The third kappa shape index (κ3) is 3.52. The van der Waals surface area contributed by atoms with Gasteiger partial charge in [-0.3, -0.25) is 19.9 Å². The lowest BCUT2D eigenvalue weighted by atomic mass is 10.4. The third-order valence-corrected chi connectivity index (χ3v) is 1.68. The van der Waals surface area contributed by atoms with Gasteiger partial charge in [-0.2, -0.15) is 0 Å². The molecule has 1 heterocycles. The smallest absolute Gasteiger partial charge is 0.433 e. The van der Waals surface area contributed by atoms with Gasteiger partial charge in [0.05, 0.1) is 25.8 Å². The number of hydrogen-bond donors (Lipinski definition) is 0. The number of carbonyl (C=O) groups excluding carboxylic acids is 1. The lowest BCUT2D eigenvalue weighted by Crippen LogP contribution is -2.01. The molecule has 0 radical (unpaired) electrons. The number of ether oxygens (including phenoxy) is 1. The average Bonchev–Trinajstić information content (AvgIpc) is 2.72. The monoisotopic (exact) mass is 226 g/mol. The molecular formula is C9H10N2O5. The highest BCUT2D eigenvalue weighted by atomic mass is 16.6. The number of nitro groups is 1. The Morgan fingerprint density at radius 3 is 3.00 bits per heavy atom. The summed E-state index contributed by atoms with van der Waals surface area (Å²) in [6.45, 7) is 0.251. The molecule has 86 valence electrons. The maximum Gasteiger partial charge on any atom is 0.433 e. The van der Waals surface area contributed by atoms with E-state index < -0.39 is 4.92 Å². The standard InChI is InChI=1S/C9H10N2O5/c1-15-9(12)4-5-10-6-7-2-3-8(16-7)11(13)14/h2-3,6H,4-5H2,1H3. The molecule has 0 aliphatic rings. The molecule has 0 bridgehead atoms. The highest BCUT2D eigenvalue weighted by Gasteiger charge is 2.09. The molecule has 0 N–H and O–H groups in total. The molecule has 7 nitrogen and oxygen atoms in total. The molecule has 0 saturated carbocycles. The Balaban J connectivity index is 2.44. The van der Waals surface area contributed by atoms with Gasteiger partial charge in [0.15, 0.2) is 5.76 Å². The highest BCUT2D eigenvalue weighted by molar-refractivity contribution is 5.76. The van der Waals surface area contributed by atoms with Crippen LogP contribution in [0, 0.1) is 10.1 Å². The number of esters is 1. The topological polar surface area (TPSA) is 94.9 Å². The number of aliphatic imine (C=N–C) groups is 1. The van der Waals surface area contributed by atoms with Gasteiger partial charge in [0, 0.05) is 6.54 Å². The van der Waals surface area contributed by atoms with Crippen LogP contribution >= 0.6 is 0 Å². The Kier molecular flexibility index (Phi) is 4.19. The predicted octanol–water partition coefficient (Wildman–Crippen LogP) is 1.17. The van der Waals surface area contributed by atoms with Crippen LogP contribution in [-0.4, -0.2) is 30.8 Å². The van der Waals surface area contributed by atoms with Crippen molar-refractivity contribution in [2.45, 2.75) is 6.42 Å². The molecule has 1 aromatic heterocycles. The van der Waals surface area contributed by atoms with Gasteiger partial charge in [0.2, 0.25) is 0 Å². The van der Waals surface area contributed by atoms with Gasteiger partial charge >= 0.3 is 11.9 Å². The minimum absolute atomic E-state index is 0.163. The van der Waals surface area contributed by atoms with E-state index in [1.54, 1.807) is 0 Å². The molecule has 0 aromatic carbocycles. The highest BCUT2D eigenvalue weighted by Crippen LogP contribution is 2.13. The number of nitrogens with zero attached hydrogens (tertiary/aromatic N) is 2. The molecular weight excluding hydrogens is 216 g/mol. The number of furan rings is 1. The minimum atomic E-state index is -0.633. The van der Waals surface area contributed by atoms with E-state index in [0.717, 1.165) is 0 Å². The second-order valence-electron chi connectivity index (χ2n) is 2.79. The first-order chi connectivity index (χ1) is 7.63. The van der Waals surface area contributed by atoms with Gasteiger partial charge in [0.25, 0.3) is 0 Å². The largest absolute Gasteiger partial charge is 0.469 e. The molecule has 1 aromatic rings. The van der Waals surface area contributed by atoms with Gasteiger partial charge in [-0.15, -0.1) is 0 Å². The Labute approximate surface area is 90.9 Å². The zero-order valence-corrected chi connectivity index (χ0v) is 8.58. The van der Waals surface area contributed by atoms with Gasteiger partial charge in [-0.1, -0.05) is 0 Å². The zero-order chi connectivity index (χ0) is 12.0. The number of rotatable bonds is 5. The molecule has 0 saturated heterocycles. The molecule has 0 aliphatic heterocycles. The summed E-state index contributed by atoms with van der Waals surface area (Å²) in [5.74, 6) is -0.423. The van der Waals surface area contributed by atoms with Gasteiger partial charge in [-0.25, -0.2) is 0 Å². The first-order valence-electron chi connectivity index (χ1n) is 4.44. The molecule has 0 amide bonds. The fourth-order valence-corrected chi connectivity index (χ4v) is 0.922. The third-order valence-electron chi connectivity index (χ3n) is 1.68. The molecule has 0 fully saturated rings. The van der Waals surface area contributed by atoms with Crippen molar-refractivity contribution >= 4 is 18.1 Å². The van der Waals surface area contributed by atoms with Crippen LogP contribution in [0.25, 0.3) is 0 Å². The second kappa shape index (κ2) is 5.64. The summed E-state index contributed by atoms with van der Waals surface area (Å²) in [5, 5.41) is 10.3. The van der Waals surface area contributed by atoms with E-state index in [0.29, 0.717) is 0 Å². The van der Waals surface area contributed by atoms with Gasteiger partial charge in [-0.05, 0) is 6.07 Å². The second-order valence-corrected chi connectivity index (χ2v) is 2.79. The summed E-state index contributed by atoms with van der Waals surface area (Å²) in [6, 6.07) is 2.67. The van der Waals surface area contributed by atoms with Crippen molar-refractivity contribution in [3.63, 3.8) is 0 Å². The normalized spacial score (nSPS) is 10.6. The number of carbonyl (C=O) groups is 1. The molecule has 0 unspecified atom stereocenters. The van der Waals surface area contributed by atoms with E-state index in [2.05, 4.69) is 9.73 Å². The summed E-state index contributed by atoms with van der Waals surface area (Å²) in [7, 11) is 1.29. The fraction of sp³-hybridized carbons (Fsp3) is 0.333. The number of hydrogen-bond acceptors (Lipinski definition) is 6. The number of methoxy groups -OCH3 is 1. The summed E-state index contributed by atoms with van der Waals surface area (Å²) < 4.78 is 9.23. The van der Waals surface area contributed by atoms with E-state index in [1.165, 1.54) is 25.5 Å². The van der Waals surface area contributed by atoms with Crippen LogP contribution in [0.15, 0.2) is 21.5 Å². The van der Waals surface area contributed by atoms with Crippen molar-refractivity contribution in [1.29, 1.82) is 0 Å². The quantitative estimate of drug-likeness (QED) is 0.325. The van der Waals surface area contributed by atoms with Crippen LogP contribution in [0.4, 0.5) is 5.88 Å². The first kappa shape index (κ1) is 11.9. The van der Waals surface area contributed by atoms with Crippen LogP contribution in [0.1, 0.15) is 12.2 Å². The summed E-state index contributed by atoms with van der Waals surface area (Å²) in [4.78, 5) is 24.2. The minimum Gasteiger partial charge on any atom is -0.469 e. The Hall–Kier alpha value is -2.18. The maximum atomic E-state index is 10.7. The molecule has 16 heavy (non-hydrogen) atoms. The molecule has 0 aliphatic carbocycles. The predicted molar refractivity (Wildman–Crippen MR) is 54.5 cm³/mol. The molecule has 1 rings (SSSR count). The summed E-state index contributed by atoms with van der Waals surface area (Å²) >= 11 is 0. The lowest BCUT2D eigenvalue weighted by Gasteiger charge is -1.93. The van der Waals surface area contributed by atoms with E-state index in [-0.39, 0.29) is 30.6 Å². The fourth-order valence-electron chi connectivity index (χ4n) is 0.922. The van der Waals surface area contributed by atoms with Crippen LogP contribution in [-0.2, 0) is 9.53 Å². The lowest BCUT2D eigenvalue weighted by molar-refractivity contribution is -0.402. The van der Waals surface area contributed by atoms with Crippen molar-refractivity contribution in [2.75, 3.05) is 13.7 Å². The van der Waals surface area contributed by atoms with Gasteiger partial charge < -0.3 is 9.15 Å². The zero-order valence-electron chi connectivity index (χ0n) is 8.58. The molecule has 0 spiro atoms. The van der Waals surface area contributed by atoms with E-state index in [1.807, 2.05) is 0 Å². The Morgan fingerprint density at radius 1 is 1.69 bits per heavy atom. The van der Waals surface area contributed by atoms with Crippen molar-refractivity contribution in [2.24, 2.45) is 4.99 Å². The average molecular weight is 226 g/mol. The Morgan fingerprint density at radius 2 is 2.44 bits per heavy atom. The van der Waals surface area contributed by atoms with Crippen LogP contribution in [0.3, 0.4) is 0 Å². The van der Waals surface area contributed by atoms with Crippen LogP contribution in [0.5, 0.6) is 0 Å². The van der Waals surface area contributed by atoms with Crippen molar-refractivity contribution < 1.29 is 18.9 Å². The van der Waals surface area contributed by atoms with Crippen LogP contribution < -0.4 is 0 Å². The molecule has 7 heteroatoms. The van der Waals surface area contributed by atoms with Gasteiger partial charge in [0.1, 0.15) is 4.92 Å². The van der Waals surface area contributed by atoms with Crippen LogP contribution in [0.2, 0.25) is 0 Å². The molecule has 0 atom stereocenters. The van der Waals surface area contributed by atoms with Crippen molar-refractivity contribution in [3.05, 3.63) is 28.0 Å².